The largest absolute Gasteiger partial charge is 0.405 e. The van der Waals surface area contributed by atoms with Gasteiger partial charge in [0.15, 0.2) is 0 Å². The lowest BCUT2D eigenvalue weighted by atomic mass is 10.2. The molecule has 0 radical (unpaired) electrons. The smallest absolute Gasteiger partial charge is 0.353 e. The molecule has 150 valence electrons. The molecule has 2 N–H and O–H groups in total. The molecular formula is C15H29Cl2F3N4O. The average molecular weight is 409 g/mol. The Balaban J connectivity index is 0.00000288. The number of halogens is 5. The van der Waals surface area contributed by atoms with E-state index in [1.165, 1.54) is 4.90 Å². The van der Waals surface area contributed by atoms with Crippen LogP contribution in [0.1, 0.15) is 26.7 Å². The van der Waals surface area contributed by atoms with Gasteiger partial charge in [0.25, 0.3) is 0 Å². The van der Waals surface area contributed by atoms with E-state index in [2.05, 4.69) is 29.4 Å². The van der Waals surface area contributed by atoms with Crippen LogP contribution in [0, 0.1) is 0 Å². The Morgan fingerprint density at radius 1 is 1.16 bits per heavy atom. The van der Waals surface area contributed by atoms with Crippen molar-refractivity contribution in [3.8, 4) is 0 Å². The second-order valence-corrected chi connectivity index (χ2v) is 6.60. The van der Waals surface area contributed by atoms with E-state index in [1.807, 2.05) is 0 Å². The van der Waals surface area contributed by atoms with E-state index in [0.29, 0.717) is 38.3 Å². The van der Waals surface area contributed by atoms with Gasteiger partial charge in [0.05, 0.1) is 6.54 Å². The van der Waals surface area contributed by atoms with Gasteiger partial charge in [0.1, 0.15) is 6.04 Å². The maximum Gasteiger partial charge on any atom is 0.405 e. The molecule has 25 heavy (non-hydrogen) atoms. The monoisotopic (exact) mass is 408 g/mol. The summed E-state index contributed by atoms with van der Waals surface area (Å²) in [7, 11) is 0. The van der Waals surface area contributed by atoms with Gasteiger partial charge in [0.2, 0.25) is 5.91 Å². The molecule has 0 spiro atoms. The van der Waals surface area contributed by atoms with E-state index < -0.39 is 12.2 Å². The Morgan fingerprint density at radius 2 is 1.68 bits per heavy atom. The van der Waals surface area contributed by atoms with Crippen LogP contribution in [0.5, 0.6) is 0 Å². The van der Waals surface area contributed by atoms with E-state index >= 15 is 0 Å². The fourth-order valence-electron chi connectivity index (χ4n) is 3.44. The lowest BCUT2D eigenvalue weighted by Crippen LogP contribution is -2.58. The van der Waals surface area contributed by atoms with Gasteiger partial charge >= 0.3 is 6.18 Å². The number of likely N-dealkylation sites (tertiary alicyclic amines) is 1. The summed E-state index contributed by atoms with van der Waals surface area (Å²) in [4.78, 5) is 15.5. The van der Waals surface area contributed by atoms with Crippen molar-refractivity contribution in [1.82, 2.24) is 20.4 Å². The summed E-state index contributed by atoms with van der Waals surface area (Å²) in [6, 6.07) is -0.994. The van der Waals surface area contributed by atoms with Gasteiger partial charge in [-0.1, -0.05) is 0 Å². The third-order valence-corrected chi connectivity index (χ3v) is 4.92. The highest BCUT2D eigenvalue weighted by Crippen LogP contribution is 2.25. The predicted molar refractivity (Wildman–Crippen MR) is 96.7 cm³/mol. The molecule has 2 heterocycles. The van der Waals surface area contributed by atoms with Crippen molar-refractivity contribution < 1.29 is 18.0 Å². The number of rotatable bonds is 5. The summed E-state index contributed by atoms with van der Waals surface area (Å²) < 4.78 is 39.8. The second-order valence-electron chi connectivity index (χ2n) is 6.60. The minimum absolute atomic E-state index is 0. The minimum atomic E-state index is -4.33. The first-order chi connectivity index (χ1) is 10.8. The fraction of sp³-hybridized carbons (Fsp3) is 0.933. The number of piperazine rings is 1. The predicted octanol–water partition coefficient (Wildman–Crippen LogP) is 1.66. The summed E-state index contributed by atoms with van der Waals surface area (Å²) in [5.74, 6) is -0.324. The van der Waals surface area contributed by atoms with Crippen LogP contribution in [-0.4, -0.2) is 79.3 Å². The van der Waals surface area contributed by atoms with Crippen LogP contribution >= 0.6 is 24.8 Å². The maximum absolute atomic E-state index is 13.3. The quantitative estimate of drug-likeness (QED) is 0.725. The zero-order chi connectivity index (χ0) is 17.0. The Labute approximate surface area is 159 Å². The van der Waals surface area contributed by atoms with E-state index in [9.17, 15) is 18.0 Å². The van der Waals surface area contributed by atoms with Crippen LogP contribution in [0.25, 0.3) is 0 Å². The first kappa shape index (κ1) is 24.7. The van der Waals surface area contributed by atoms with Gasteiger partial charge < -0.3 is 10.6 Å². The maximum atomic E-state index is 13.3. The standard InChI is InChI=1S/C15H27F3N4O.2ClH/c1-11-3-4-12(2)22(11)10-14(23)20-9-13(15(16,17)18)21-7-5-19-6-8-21;;/h11-13,19H,3-10H2,1-2H3,(H,20,23);2*1H. The highest BCUT2D eigenvalue weighted by atomic mass is 35.5. The van der Waals surface area contributed by atoms with Crippen LogP contribution in [0.2, 0.25) is 0 Å². The molecule has 0 aromatic heterocycles. The summed E-state index contributed by atoms with van der Waals surface area (Å²) in [5.41, 5.74) is 0. The van der Waals surface area contributed by atoms with Crippen LogP contribution in [0.3, 0.4) is 0 Å². The number of alkyl halides is 3. The van der Waals surface area contributed by atoms with Gasteiger partial charge in [-0.2, -0.15) is 13.2 Å². The zero-order valence-electron chi connectivity index (χ0n) is 14.6. The number of carbonyl (C=O) groups is 1. The van der Waals surface area contributed by atoms with Gasteiger partial charge in [-0.25, -0.2) is 0 Å². The van der Waals surface area contributed by atoms with E-state index in [-0.39, 0.29) is 43.8 Å². The summed E-state index contributed by atoms with van der Waals surface area (Å²) in [6.45, 7) is 5.69. The SMILES string of the molecule is CC1CCC(C)N1CC(=O)NCC(N1CCNCC1)C(F)(F)F.Cl.Cl. The highest BCUT2D eigenvalue weighted by molar-refractivity contribution is 5.85. The molecule has 2 rings (SSSR count). The molecule has 0 aromatic rings. The summed E-state index contributed by atoms with van der Waals surface area (Å²) in [6.07, 6.45) is -2.28. The lowest BCUT2D eigenvalue weighted by Gasteiger charge is -2.36. The molecule has 3 unspecified atom stereocenters. The van der Waals surface area contributed by atoms with Crippen molar-refractivity contribution in [1.29, 1.82) is 0 Å². The molecule has 0 aliphatic carbocycles. The van der Waals surface area contributed by atoms with E-state index in [1.54, 1.807) is 0 Å². The number of nitrogens with one attached hydrogen (secondary N) is 2. The Morgan fingerprint density at radius 3 is 2.16 bits per heavy atom. The fourth-order valence-corrected chi connectivity index (χ4v) is 3.44. The van der Waals surface area contributed by atoms with Crippen molar-refractivity contribution in [2.75, 3.05) is 39.3 Å². The van der Waals surface area contributed by atoms with Gasteiger partial charge in [-0.05, 0) is 26.7 Å². The zero-order valence-corrected chi connectivity index (χ0v) is 16.3. The van der Waals surface area contributed by atoms with Gasteiger partial charge in [-0.15, -0.1) is 24.8 Å². The molecule has 2 saturated heterocycles. The van der Waals surface area contributed by atoms with Crippen LogP contribution in [0.4, 0.5) is 13.2 Å². The number of amides is 1. The molecule has 2 aliphatic rings. The lowest BCUT2D eigenvalue weighted by molar-refractivity contribution is -0.184. The van der Waals surface area contributed by atoms with Gasteiger partial charge in [0, 0.05) is 44.8 Å². The molecule has 0 saturated carbocycles. The molecular weight excluding hydrogens is 380 g/mol. The molecule has 10 heteroatoms. The van der Waals surface area contributed by atoms with Crippen molar-refractivity contribution in [3.05, 3.63) is 0 Å². The average Bonchev–Trinajstić information content (AvgIpc) is 2.79. The van der Waals surface area contributed by atoms with Crippen molar-refractivity contribution in [2.45, 2.75) is 51.0 Å². The Hall–Kier alpha value is -0.280. The van der Waals surface area contributed by atoms with Crippen molar-refractivity contribution >= 4 is 30.7 Å². The highest BCUT2D eigenvalue weighted by Gasteiger charge is 2.44. The number of carbonyl (C=O) groups excluding carboxylic acids is 1. The first-order valence-corrected chi connectivity index (χ1v) is 8.33. The number of hydrogen-bond donors (Lipinski definition) is 2. The molecule has 2 fully saturated rings. The number of hydrogen-bond acceptors (Lipinski definition) is 4. The third kappa shape index (κ3) is 7.09. The number of nitrogens with zero attached hydrogens (tertiary/aromatic N) is 2. The van der Waals surface area contributed by atoms with E-state index in [0.717, 1.165) is 12.8 Å². The second kappa shape index (κ2) is 10.8. The van der Waals surface area contributed by atoms with Crippen LogP contribution < -0.4 is 10.6 Å². The Bertz CT molecular complexity index is 399. The van der Waals surface area contributed by atoms with Crippen molar-refractivity contribution in [3.63, 3.8) is 0 Å². The molecule has 3 atom stereocenters. The third-order valence-electron chi connectivity index (χ3n) is 4.92. The molecule has 1 amide bonds. The van der Waals surface area contributed by atoms with Crippen molar-refractivity contribution in [2.24, 2.45) is 0 Å². The Kier molecular flexibility index (Phi) is 10.6. The summed E-state index contributed by atoms with van der Waals surface area (Å²) in [5, 5.41) is 5.53. The first-order valence-electron chi connectivity index (χ1n) is 8.33. The molecule has 0 aromatic carbocycles. The summed E-state index contributed by atoms with van der Waals surface area (Å²) >= 11 is 0. The molecule has 5 nitrogen and oxygen atoms in total. The van der Waals surface area contributed by atoms with Crippen LogP contribution in [0.15, 0.2) is 0 Å². The minimum Gasteiger partial charge on any atom is -0.353 e. The normalized spacial score (nSPS) is 26.4. The molecule has 2 aliphatic heterocycles. The van der Waals surface area contributed by atoms with E-state index in [4.69, 9.17) is 0 Å². The van der Waals surface area contributed by atoms with Crippen LogP contribution in [-0.2, 0) is 4.79 Å². The van der Waals surface area contributed by atoms with Gasteiger partial charge in [-0.3, -0.25) is 14.6 Å². The topological polar surface area (TPSA) is 47.6 Å². The molecule has 0 bridgehead atoms.